The first-order chi connectivity index (χ1) is 13.7. The standard InChI is InChI=1S/C24H35N3O/c1-3-14-26(15-4-2)24(28)22-11-8-16-27(20-22)23-12-17-25(18-13-23)19-21-9-6-5-7-10-21/h3-7,9-10,22-23H,1-2,8,11-20H2/t22-/m1/s1. The quantitative estimate of drug-likeness (QED) is 0.644. The van der Waals surface area contributed by atoms with Gasteiger partial charge >= 0.3 is 0 Å². The second-order valence-corrected chi connectivity index (χ2v) is 8.15. The summed E-state index contributed by atoms with van der Waals surface area (Å²) in [6, 6.07) is 11.4. The highest BCUT2D eigenvalue weighted by Gasteiger charge is 2.33. The van der Waals surface area contributed by atoms with Crippen molar-refractivity contribution < 1.29 is 4.79 Å². The normalized spacial score (nSPS) is 21.9. The molecule has 2 aliphatic rings. The van der Waals surface area contributed by atoms with Gasteiger partial charge in [-0.05, 0) is 50.9 Å². The van der Waals surface area contributed by atoms with Crippen LogP contribution in [0.3, 0.4) is 0 Å². The molecule has 0 bridgehead atoms. The molecule has 0 N–H and O–H groups in total. The Morgan fingerprint density at radius 2 is 1.71 bits per heavy atom. The largest absolute Gasteiger partial charge is 0.335 e. The maximum Gasteiger partial charge on any atom is 0.227 e. The van der Waals surface area contributed by atoms with Crippen molar-refractivity contribution in [1.82, 2.24) is 14.7 Å². The van der Waals surface area contributed by atoms with Crippen LogP contribution in [0.5, 0.6) is 0 Å². The predicted molar refractivity (Wildman–Crippen MR) is 116 cm³/mol. The van der Waals surface area contributed by atoms with E-state index >= 15 is 0 Å². The molecule has 0 unspecified atom stereocenters. The van der Waals surface area contributed by atoms with Gasteiger partial charge in [0.1, 0.15) is 0 Å². The second kappa shape index (κ2) is 10.6. The van der Waals surface area contributed by atoms with E-state index in [0.29, 0.717) is 19.1 Å². The molecule has 152 valence electrons. The van der Waals surface area contributed by atoms with Gasteiger partial charge in [-0.25, -0.2) is 0 Å². The Kier molecular flexibility index (Phi) is 7.87. The van der Waals surface area contributed by atoms with Crippen LogP contribution in [0.1, 0.15) is 31.2 Å². The van der Waals surface area contributed by atoms with Crippen LogP contribution in [0.25, 0.3) is 0 Å². The minimum atomic E-state index is 0.121. The van der Waals surface area contributed by atoms with Crippen LogP contribution in [0, 0.1) is 5.92 Å². The van der Waals surface area contributed by atoms with Crippen molar-refractivity contribution in [2.75, 3.05) is 39.3 Å². The lowest BCUT2D eigenvalue weighted by atomic mass is 9.92. The third kappa shape index (κ3) is 5.55. The molecule has 1 aromatic rings. The summed E-state index contributed by atoms with van der Waals surface area (Å²) in [6.07, 6.45) is 8.16. The van der Waals surface area contributed by atoms with Crippen molar-refractivity contribution in [2.45, 2.75) is 38.3 Å². The van der Waals surface area contributed by atoms with Crippen LogP contribution in [0.2, 0.25) is 0 Å². The van der Waals surface area contributed by atoms with Gasteiger partial charge in [0.2, 0.25) is 5.91 Å². The molecule has 4 nitrogen and oxygen atoms in total. The number of hydrogen-bond acceptors (Lipinski definition) is 3. The van der Waals surface area contributed by atoms with E-state index in [-0.39, 0.29) is 11.8 Å². The van der Waals surface area contributed by atoms with Gasteiger partial charge in [-0.2, -0.15) is 0 Å². The van der Waals surface area contributed by atoms with Crippen LogP contribution in [0.4, 0.5) is 0 Å². The van der Waals surface area contributed by atoms with Crippen molar-refractivity contribution >= 4 is 5.91 Å². The summed E-state index contributed by atoms with van der Waals surface area (Å²) in [7, 11) is 0. The Bertz CT molecular complexity index is 627. The van der Waals surface area contributed by atoms with Gasteiger partial charge < -0.3 is 4.90 Å². The molecular formula is C24H35N3O. The van der Waals surface area contributed by atoms with Gasteiger partial charge in [-0.1, -0.05) is 42.5 Å². The van der Waals surface area contributed by atoms with Crippen molar-refractivity contribution in [1.29, 1.82) is 0 Å². The number of carbonyl (C=O) groups is 1. The Morgan fingerprint density at radius 3 is 2.36 bits per heavy atom. The van der Waals surface area contributed by atoms with E-state index in [9.17, 15) is 4.79 Å². The van der Waals surface area contributed by atoms with E-state index in [4.69, 9.17) is 0 Å². The molecule has 0 radical (unpaired) electrons. The number of nitrogens with zero attached hydrogens (tertiary/aromatic N) is 3. The number of amides is 1. The third-order valence-electron chi connectivity index (χ3n) is 6.14. The highest BCUT2D eigenvalue weighted by Crippen LogP contribution is 2.25. The fourth-order valence-electron chi connectivity index (χ4n) is 4.65. The molecule has 0 aromatic heterocycles. The SMILES string of the molecule is C=CCN(CC=C)C(=O)[C@@H]1CCCN(C2CCN(Cc3ccccc3)CC2)C1. The van der Waals surface area contributed by atoms with E-state index in [0.717, 1.165) is 45.6 Å². The first-order valence-electron chi connectivity index (χ1n) is 10.7. The smallest absolute Gasteiger partial charge is 0.227 e. The van der Waals surface area contributed by atoms with E-state index in [1.54, 1.807) is 0 Å². The molecule has 28 heavy (non-hydrogen) atoms. The van der Waals surface area contributed by atoms with Crippen LogP contribution >= 0.6 is 0 Å². The van der Waals surface area contributed by atoms with Gasteiger partial charge in [0, 0.05) is 32.2 Å². The highest BCUT2D eigenvalue weighted by molar-refractivity contribution is 5.79. The molecule has 0 spiro atoms. The Hall–Kier alpha value is -1.91. The van der Waals surface area contributed by atoms with Crippen molar-refractivity contribution in [2.24, 2.45) is 5.92 Å². The lowest BCUT2D eigenvalue weighted by Gasteiger charge is -2.42. The predicted octanol–water partition coefficient (Wildman–Crippen LogP) is 3.56. The zero-order chi connectivity index (χ0) is 19.8. The lowest BCUT2D eigenvalue weighted by molar-refractivity contribution is -0.136. The van der Waals surface area contributed by atoms with Crippen LogP contribution in [-0.2, 0) is 11.3 Å². The van der Waals surface area contributed by atoms with Crippen LogP contribution in [-0.4, -0.2) is 65.9 Å². The second-order valence-electron chi connectivity index (χ2n) is 8.15. The van der Waals surface area contributed by atoms with Gasteiger partial charge in [-0.3, -0.25) is 14.6 Å². The molecule has 2 saturated heterocycles. The van der Waals surface area contributed by atoms with Gasteiger partial charge in [0.15, 0.2) is 0 Å². The fraction of sp³-hybridized carbons (Fsp3) is 0.542. The van der Waals surface area contributed by atoms with Gasteiger partial charge in [0.25, 0.3) is 0 Å². The van der Waals surface area contributed by atoms with Crippen molar-refractivity contribution in [3.05, 3.63) is 61.2 Å². The maximum absolute atomic E-state index is 13.0. The molecule has 0 aliphatic carbocycles. The van der Waals surface area contributed by atoms with E-state index in [1.165, 1.54) is 18.4 Å². The van der Waals surface area contributed by atoms with E-state index in [2.05, 4.69) is 53.3 Å². The van der Waals surface area contributed by atoms with E-state index < -0.39 is 0 Å². The van der Waals surface area contributed by atoms with Gasteiger partial charge in [-0.15, -0.1) is 13.2 Å². The summed E-state index contributed by atoms with van der Waals surface area (Å²) in [5.41, 5.74) is 1.40. The Morgan fingerprint density at radius 1 is 1.04 bits per heavy atom. The minimum absolute atomic E-state index is 0.121. The summed E-state index contributed by atoms with van der Waals surface area (Å²) in [4.78, 5) is 20.0. The average molecular weight is 382 g/mol. The molecule has 4 heteroatoms. The monoisotopic (exact) mass is 381 g/mol. The average Bonchev–Trinajstić information content (AvgIpc) is 2.74. The molecule has 2 aliphatic heterocycles. The minimum Gasteiger partial charge on any atom is -0.335 e. The zero-order valence-electron chi connectivity index (χ0n) is 17.1. The number of benzene rings is 1. The molecule has 1 aromatic carbocycles. The Balaban J connectivity index is 1.50. The fourth-order valence-corrected chi connectivity index (χ4v) is 4.65. The molecule has 0 saturated carbocycles. The summed E-state index contributed by atoms with van der Waals surface area (Å²) in [6.45, 7) is 14.2. The van der Waals surface area contributed by atoms with Crippen LogP contribution in [0.15, 0.2) is 55.6 Å². The molecule has 2 fully saturated rings. The molecule has 1 atom stereocenters. The number of likely N-dealkylation sites (tertiary alicyclic amines) is 2. The van der Waals surface area contributed by atoms with Crippen LogP contribution < -0.4 is 0 Å². The number of hydrogen-bond donors (Lipinski definition) is 0. The van der Waals surface area contributed by atoms with Crippen molar-refractivity contribution in [3.63, 3.8) is 0 Å². The summed E-state index contributed by atoms with van der Waals surface area (Å²) >= 11 is 0. The number of rotatable bonds is 8. The molecule has 2 heterocycles. The maximum atomic E-state index is 13.0. The zero-order valence-corrected chi connectivity index (χ0v) is 17.1. The highest BCUT2D eigenvalue weighted by atomic mass is 16.2. The van der Waals surface area contributed by atoms with Gasteiger partial charge in [0.05, 0.1) is 5.92 Å². The summed E-state index contributed by atoms with van der Waals surface area (Å²) in [5.74, 6) is 0.391. The topological polar surface area (TPSA) is 26.8 Å². The Labute approximate surface area is 170 Å². The molecule has 1 amide bonds. The molecule has 3 rings (SSSR count). The third-order valence-corrected chi connectivity index (χ3v) is 6.14. The first kappa shape index (κ1) is 20.8. The summed E-state index contributed by atoms with van der Waals surface area (Å²) < 4.78 is 0. The summed E-state index contributed by atoms with van der Waals surface area (Å²) in [5, 5.41) is 0. The van der Waals surface area contributed by atoms with E-state index in [1.807, 2.05) is 17.1 Å². The first-order valence-corrected chi connectivity index (χ1v) is 10.7. The van der Waals surface area contributed by atoms with Crippen molar-refractivity contribution in [3.8, 4) is 0 Å². The number of piperidine rings is 2. The number of carbonyl (C=O) groups excluding carboxylic acids is 1. The lowest BCUT2D eigenvalue weighted by Crippen LogP contribution is -2.51. The molecular weight excluding hydrogens is 346 g/mol.